The highest BCUT2D eigenvalue weighted by atomic mass is 16.5. The molecule has 33 heavy (non-hydrogen) atoms. The summed E-state index contributed by atoms with van der Waals surface area (Å²) in [6.07, 6.45) is 11.8. The number of benzene rings is 1. The summed E-state index contributed by atoms with van der Waals surface area (Å²) in [5, 5.41) is 8.09. The van der Waals surface area contributed by atoms with Crippen LogP contribution < -0.4 is 15.7 Å². The zero-order chi connectivity index (χ0) is 22.5. The van der Waals surface area contributed by atoms with Gasteiger partial charge in [0, 0.05) is 29.9 Å². The number of H-pyrrole nitrogens is 1. The summed E-state index contributed by atoms with van der Waals surface area (Å²) < 4.78 is 9.25. The van der Waals surface area contributed by atoms with E-state index >= 15 is 0 Å². The van der Waals surface area contributed by atoms with E-state index in [2.05, 4.69) is 39.4 Å². The molecule has 0 atom stereocenters. The third-order valence-electron chi connectivity index (χ3n) is 7.57. The van der Waals surface area contributed by atoms with E-state index in [0.29, 0.717) is 17.4 Å². The number of rotatable bonds is 5. The molecule has 0 radical (unpaired) electrons. The molecule has 0 aliphatic heterocycles. The summed E-state index contributed by atoms with van der Waals surface area (Å²) in [4.78, 5) is 20.4. The highest BCUT2D eigenvalue weighted by Crippen LogP contribution is 2.34. The van der Waals surface area contributed by atoms with E-state index < -0.39 is 0 Å². The molecule has 2 fully saturated rings. The lowest BCUT2D eigenvalue weighted by Crippen LogP contribution is -2.44. The minimum absolute atomic E-state index is 0.0127. The van der Waals surface area contributed by atoms with Crippen molar-refractivity contribution in [3.05, 3.63) is 46.8 Å². The Morgan fingerprint density at radius 1 is 1.09 bits per heavy atom. The van der Waals surface area contributed by atoms with Gasteiger partial charge in [-0.2, -0.15) is 5.10 Å². The van der Waals surface area contributed by atoms with Crippen molar-refractivity contribution in [2.75, 3.05) is 7.11 Å². The molecule has 2 aliphatic rings. The van der Waals surface area contributed by atoms with E-state index in [4.69, 9.17) is 4.74 Å². The largest absolute Gasteiger partial charge is 0.493 e. The van der Waals surface area contributed by atoms with Crippen LogP contribution in [-0.4, -0.2) is 43.3 Å². The van der Waals surface area contributed by atoms with Gasteiger partial charge in [-0.15, -0.1) is 0 Å². The Balaban J connectivity index is 1.32. The molecule has 3 heterocycles. The van der Waals surface area contributed by atoms with E-state index in [1.165, 1.54) is 25.6 Å². The van der Waals surface area contributed by atoms with Crippen LogP contribution >= 0.6 is 0 Å². The number of nitrogens with zero attached hydrogens (tertiary/aromatic N) is 4. The maximum Gasteiger partial charge on any atom is 0.326 e. The number of methoxy groups -OCH3 is 1. The van der Waals surface area contributed by atoms with Crippen molar-refractivity contribution in [1.29, 1.82) is 0 Å². The second-order valence-electron chi connectivity index (χ2n) is 9.61. The lowest BCUT2D eigenvalue weighted by atomic mass is 9.87. The molecule has 4 aromatic rings. The van der Waals surface area contributed by atoms with Crippen LogP contribution in [-0.2, 0) is 0 Å². The highest BCUT2D eigenvalue weighted by Gasteiger charge is 2.28. The van der Waals surface area contributed by atoms with Crippen LogP contribution in [0, 0.1) is 6.92 Å². The fourth-order valence-corrected chi connectivity index (χ4v) is 5.55. The van der Waals surface area contributed by atoms with Gasteiger partial charge in [0.2, 0.25) is 0 Å². The summed E-state index contributed by atoms with van der Waals surface area (Å²) in [5.74, 6) is 0.669. The Morgan fingerprint density at radius 2 is 1.88 bits per heavy atom. The zero-order valence-corrected chi connectivity index (χ0v) is 19.2. The standard InChI is InChI=1S/C25H30N6O2/c1-15-10-22-21(12-20(15)16-11-23(33-2)24-26-14-27-30(24)13-16)29-25(32)31(22)19-8-6-18(7-9-19)28-17-4-3-5-17/h10-14,17-19,28H,3-9H2,1-2H3,(H,29,32). The lowest BCUT2D eigenvalue weighted by Gasteiger charge is -2.35. The molecular weight excluding hydrogens is 416 g/mol. The van der Waals surface area contributed by atoms with E-state index in [9.17, 15) is 4.79 Å². The molecule has 0 unspecified atom stereocenters. The second-order valence-corrected chi connectivity index (χ2v) is 9.61. The number of hydrogen-bond donors (Lipinski definition) is 2. The van der Waals surface area contributed by atoms with Gasteiger partial charge in [-0.1, -0.05) is 6.42 Å². The first-order chi connectivity index (χ1) is 16.1. The van der Waals surface area contributed by atoms with Crippen LogP contribution in [0.25, 0.3) is 27.8 Å². The third-order valence-corrected chi connectivity index (χ3v) is 7.57. The first-order valence-corrected chi connectivity index (χ1v) is 12.0. The van der Waals surface area contributed by atoms with Crippen molar-refractivity contribution in [2.45, 2.75) is 70.0 Å². The number of imidazole rings is 1. The summed E-state index contributed by atoms with van der Waals surface area (Å²) >= 11 is 0. The molecule has 0 bridgehead atoms. The molecule has 2 aliphatic carbocycles. The molecule has 172 valence electrons. The molecule has 0 saturated heterocycles. The van der Waals surface area contributed by atoms with Crippen molar-refractivity contribution in [3.8, 4) is 16.9 Å². The fraction of sp³-hybridized carbons (Fsp3) is 0.480. The Hall–Kier alpha value is -3.13. The summed E-state index contributed by atoms with van der Waals surface area (Å²) in [6.45, 7) is 2.09. The van der Waals surface area contributed by atoms with Crippen molar-refractivity contribution >= 4 is 16.7 Å². The minimum Gasteiger partial charge on any atom is -0.493 e. The molecule has 2 saturated carbocycles. The average molecular weight is 447 g/mol. The van der Waals surface area contributed by atoms with Crippen molar-refractivity contribution < 1.29 is 4.74 Å². The molecular formula is C25H30N6O2. The van der Waals surface area contributed by atoms with E-state index in [-0.39, 0.29) is 11.7 Å². The fourth-order valence-electron chi connectivity index (χ4n) is 5.55. The molecule has 0 spiro atoms. The topological polar surface area (TPSA) is 89.2 Å². The summed E-state index contributed by atoms with van der Waals surface area (Å²) in [5.41, 5.74) is 5.65. The smallest absolute Gasteiger partial charge is 0.326 e. The van der Waals surface area contributed by atoms with Gasteiger partial charge in [0.1, 0.15) is 6.33 Å². The molecule has 8 nitrogen and oxygen atoms in total. The maximum atomic E-state index is 13.0. The minimum atomic E-state index is -0.0127. The number of pyridine rings is 1. The van der Waals surface area contributed by atoms with Gasteiger partial charge < -0.3 is 15.0 Å². The Labute approximate surface area is 192 Å². The van der Waals surface area contributed by atoms with E-state index in [1.54, 1.807) is 11.6 Å². The number of hydrogen-bond acceptors (Lipinski definition) is 5. The van der Waals surface area contributed by atoms with E-state index in [1.807, 2.05) is 16.8 Å². The van der Waals surface area contributed by atoms with Gasteiger partial charge in [0.05, 0.1) is 18.1 Å². The van der Waals surface area contributed by atoms with Gasteiger partial charge in [0.15, 0.2) is 11.4 Å². The number of ether oxygens (including phenoxy) is 1. The lowest BCUT2D eigenvalue weighted by molar-refractivity contribution is 0.236. The van der Waals surface area contributed by atoms with Gasteiger partial charge in [-0.3, -0.25) is 4.57 Å². The van der Waals surface area contributed by atoms with Crippen molar-refractivity contribution in [3.63, 3.8) is 0 Å². The molecule has 3 aromatic heterocycles. The van der Waals surface area contributed by atoms with Crippen LogP contribution in [0.5, 0.6) is 5.75 Å². The maximum absolute atomic E-state index is 13.0. The molecule has 0 amide bonds. The number of nitrogens with one attached hydrogen (secondary N) is 2. The van der Waals surface area contributed by atoms with Crippen LogP contribution in [0.2, 0.25) is 0 Å². The zero-order valence-electron chi connectivity index (χ0n) is 19.2. The first kappa shape index (κ1) is 20.5. The van der Waals surface area contributed by atoms with Crippen LogP contribution in [0.4, 0.5) is 0 Å². The van der Waals surface area contributed by atoms with Gasteiger partial charge in [-0.05, 0) is 74.8 Å². The second kappa shape index (κ2) is 8.02. The van der Waals surface area contributed by atoms with Gasteiger partial charge in [0.25, 0.3) is 0 Å². The number of aromatic amines is 1. The number of aromatic nitrogens is 5. The normalized spacial score (nSPS) is 21.5. The van der Waals surface area contributed by atoms with E-state index in [0.717, 1.165) is 59.4 Å². The van der Waals surface area contributed by atoms with Gasteiger partial charge >= 0.3 is 5.69 Å². The molecule has 8 heteroatoms. The monoisotopic (exact) mass is 446 g/mol. The Kier molecular flexibility index (Phi) is 4.98. The molecule has 2 N–H and O–H groups in total. The third kappa shape index (κ3) is 3.53. The van der Waals surface area contributed by atoms with Crippen LogP contribution in [0.15, 0.2) is 35.5 Å². The highest BCUT2D eigenvalue weighted by molar-refractivity contribution is 5.85. The van der Waals surface area contributed by atoms with Gasteiger partial charge in [-0.25, -0.2) is 14.3 Å². The van der Waals surface area contributed by atoms with Crippen molar-refractivity contribution in [1.82, 2.24) is 29.5 Å². The predicted molar refractivity (Wildman–Crippen MR) is 128 cm³/mol. The predicted octanol–water partition coefficient (Wildman–Crippen LogP) is 3.98. The molecule has 1 aromatic carbocycles. The summed E-state index contributed by atoms with van der Waals surface area (Å²) in [7, 11) is 1.64. The summed E-state index contributed by atoms with van der Waals surface area (Å²) in [6, 6.07) is 7.76. The van der Waals surface area contributed by atoms with Crippen LogP contribution in [0.3, 0.4) is 0 Å². The van der Waals surface area contributed by atoms with Crippen LogP contribution in [0.1, 0.15) is 56.6 Å². The Morgan fingerprint density at radius 3 is 2.61 bits per heavy atom. The average Bonchev–Trinajstić information content (AvgIpc) is 3.39. The molecule has 6 rings (SSSR count). The number of aryl methyl sites for hydroxylation is 1. The van der Waals surface area contributed by atoms with Crippen molar-refractivity contribution in [2.24, 2.45) is 0 Å². The quantitative estimate of drug-likeness (QED) is 0.484. The Bertz CT molecular complexity index is 1370. The first-order valence-electron chi connectivity index (χ1n) is 12.0. The number of fused-ring (bicyclic) bond motifs is 2. The SMILES string of the molecule is COc1cc(-c2cc3[nH]c(=O)n(C4CCC(NC5CCC5)CC4)c3cc2C)cn2ncnc12.